The van der Waals surface area contributed by atoms with Gasteiger partial charge >= 0.3 is 6.09 Å². The van der Waals surface area contributed by atoms with E-state index in [1.807, 2.05) is 18.2 Å². The maximum Gasteiger partial charge on any atom is 0.408 e. The lowest BCUT2D eigenvalue weighted by atomic mass is 10.0. The van der Waals surface area contributed by atoms with Crippen LogP contribution in [0.1, 0.15) is 25.1 Å². The minimum Gasteiger partial charge on any atom is -0.486 e. The molecule has 0 aliphatic carbocycles. The fourth-order valence-electron chi connectivity index (χ4n) is 3.60. The van der Waals surface area contributed by atoms with Gasteiger partial charge in [0.15, 0.2) is 0 Å². The van der Waals surface area contributed by atoms with E-state index in [0.717, 1.165) is 16.7 Å². The van der Waals surface area contributed by atoms with Crippen molar-refractivity contribution in [2.75, 3.05) is 17.7 Å². The number of hydrogen-bond acceptors (Lipinski definition) is 7. The first-order valence-electron chi connectivity index (χ1n) is 12.4. The van der Waals surface area contributed by atoms with Crippen LogP contribution < -0.4 is 15.4 Å². The van der Waals surface area contributed by atoms with Gasteiger partial charge < -0.3 is 20.5 Å². The second kappa shape index (κ2) is 12.4. The van der Waals surface area contributed by atoms with Gasteiger partial charge in [-0.2, -0.15) is 0 Å². The van der Waals surface area contributed by atoms with Crippen molar-refractivity contribution in [3.8, 4) is 17.6 Å². The molecule has 3 N–H and O–H groups in total. The molecule has 2 aromatic heterocycles. The molecule has 4 rings (SSSR count). The van der Waals surface area contributed by atoms with Gasteiger partial charge in [-0.15, -0.1) is 0 Å². The fourth-order valence-corrected chi connectivity index (χ4v) is 3.84. The molecule has 11 heteroatoms. The summed E-state index contributed by atoms with van der Waals surface area (Å²) < 4.78 is 5.80. The Balaban J connectivity index is 1.66. The zero-order valence-electron chi connectivity index (χ0n) is 22.6. The SMILES string of the molecule is C=CC(=O)Nc1cc2c(Nc3ccc(OCc4ccccn4)c(Cl)c3)ncnc2cc1C#CC(C)(C)N(C)C(=O)O. The molecule has 2 heterocycles. The zero-order chi connectivity index (χ0) is 29.6. The average Bonchev–Trinajstić information content (AvgIpc) is 2.96. The van der Waals surface area contributed by atoms with E-state index in [1.54, 1.807) is 50.4 Å². The monoisotopic (exact) mass is 570 g/mol. The number of rotatable bonds is 8. The molecule has 41 heavy (non-hydrogen) atoms. The molecule has 0 aliphatic heterocycles. The van der Waals surface area contributed by atoms with Crippen molar-refractivity contribution < 1.29 is 19.4 Å². The number of anilines is 3. The third-order valence-corrected chi connectivity index (χ3v) is 6.44. The van der Waals surface area contributed by atoms with Gasteiger partial charge in [-0.25, -0.2) is 14.8 Å². The highest BCUT2D eigenvalue weighted by molar-refractivity contribution is 6.32. The van der Waals surface area contributed by atoms with Crippen LogP contribution in [0.15, 0.2) is 73.7 Å². The minimum absolute atomic E-state index is 0.276. The first-order valence-corrected chi connectivity index (χ1v) is 12.8. The highest BCUT2D eigenvalue weighted by Crippen LogP contribution is 2.32. The number of carbonyl (C=O) groups excluding carboxylic acids is 1. The van der Waals surface area contributed by atoms with Gasteiger partial charge in [0, 0.05) is 24.3 Å². The molecular weight excluding hydrogens is 544 g/mol. The largest absolute Gasteiger partial charge is 0.486 e. The van der Waals surface area contributed by atoms with Gasteiger partial charge in [0.2, 0.25) is 5.91 Å². The Labute approximate surface area is 242 Å². The van der Waals surface area contributed by atoms with Crippen LogP contribution >= 0.6 is 11.6 Å². The standard InChI is InChI=1S/C30H27ClN6O4/c1-5-27(38)36-24-16-22-25(14-19(24)11-12-30(2,3)37(4)29(39)40)33-18-34-28(22)35-20-9-10-26(23(31)15-20)41-17-21-8-6-7-13-32-21/h5-10,13-16,18H,1,17H2,2-4H3,(H,36,38)(H,39,40)(H,33,34,35). The summed E-state index contributed by atoms with van der Waals surface area (Å²) in [5.74, 6) is 6.50. The van der Waals surface area contributed by atoms with Crippen LogP contribution in [0, 0.1) is 11.8 Å². The summed E-state index contributed by atoms with van der Waals surface area (Å²) in [7, 11) is 1.44. The van der Waals surface area contributed by atoms with Crippen LogP contribution in [0.5, 0.6) is 5.75 Å². The number of hydrogen-bond donors (Lipinski definition) is 3. The highest BCUT2D eigenvalue weighted by atomic mass is 35.5. The molecule has 0 fully saturated rings. The van der Waals surface area contributed by atoms with E-state index in [4.69, 9.17) is 16.3 Å². The van der Waals surface area contributed by atoms with Gasteiger partial charge in [0.05, 0.1) is 27.5 Å². The van der Waals surface area contributed by atoms with E-state index >= 15 is 0 Å². The molecule has 0 radical (unpaired) electrons. The average molecular weight is 571 g/mol. The topological polar surface area (TPSA) is 130 Å². The maximum absolute atomic E-state index is 12.2. The van der Waals surface area contributed by atoms with Gasteiger partial charge in [-0.1, -0.05) is 36.1 Å². The first kappa shape index (κ1) is 28.9. The summed E-state index contributed by atoms with van der Waals surface area (Å²) in [5, 5.41) is 16.4. The Morgan fingerprint density at radius 2 is 1.98 bits per heavy atom. The van der Waals surface area contributed by atoms with E-state index in [0.29, 0.717) is 44.4 Å². The van der Waals surface area contributed by atoms with E-state index in [-0.39, 0.29) is 6.61 Å². The summed E-state index contributed by atoms with van der Waals surface area (Å²) in [6.07, 6.45) is 3.13. The van der Waals surface area contributed by atoms with Crippen LogP contribution in [0.25, 0.3) is 10.9 Å². The number of aromatic nitrogens is 3. The first-order chi connectivity index (χ1) is 19.6. The number of benzene rings is 2. The number of pyridine rings is 1. The number of ether oxygens (including phenoxy) is 1. The Hall–Kier alpha value is -5.14. The Kier molecular flexibility index (Phi) is 8.70. The van der Waals surface area contributed by atoms with Gasteiger partial charge in [0.25, 0.3) is 0 Å². The van der Waals surface area contributed by atoms with Crippen molar-refractivity contribution in [1.29, 1.82) is 0 Å². The second-order valence-electron chi connectivity index (χ2n) is 9.36. The minimum atomic E-state index is -1.11. The van der Waals surface area contributed by atoms with Crippen molar-refractivity contribution in [2.45, 2.75) is 26.0 Å². The Bertz CT molecular complexity index is 1680. The predicted molar refractivity (Wildman–Crippen MR) is 158 cm³/mol. The molecule has 2 aromatic carbocycles. The molecule has 0 atom stereocenters. The molecule has 208 valence electrons. The molecule has 4 aromatic rings. The number of fused-ring (bicyclic) bond motifs is 1. The second-order valence-corrected chi connectivity index (χ2v) is 9.77. The van der Waals surface area contributed by atoms with E-state index in [1.165, 1.54) is 13.4 Å². The fraction of sp³-hybridized carbons (Fsp3) is 0.167. The number of nitrogens with one attached hydrogen (secondary N) is 2. The third-order valence-electron chi connectivity index (χ3n) is 6.14. The van der Waals surface area contributed by atoms with Crippen molar-refractivity contribution in [3.05, 3.63) is 90.0 Å². The molecule has 10 nitrogen and oxygen atoms in total. The molecular formula is C30H27ClN6O4. The highest BCUT2D eigenvalue weighted by Gasteiger charge is 2.25. The van der Waals surface area contributed by atoms with Crippen molar-refractivity contribution in [1.82, 2.24) is 19.9 Å². The molecule has 0 aliphatic rings. The van der Waals surface area contributed by atoms with Crippen LogP contribution in [0.4, 0.5) is 22.0 Å². The molecule has 2 amide bonds. The number of nitrogens with zero attached hydrogens (tertiary/aromatic N) is 4. The van der Waals surface area contributed by atoms with Crippen molar-refractivity contribution in [3.63, 3.8) is 0 Å². The Morgan fingerprint density at radius 1 is 1.17 bits per heavy atom. The van der Waals surface area contributed by atoms with E-state index in [9.17, 15) is 14.7 Å². The summed E-state index contributed by atoms with van der Waals surface area (Å²) >= 11 is 6.48. The van der Waals surface area contributed by atoms with Crippen LogP contribution in [-0.4, -0.2) is 49.5 Å². The predicted octanol–water partition coefficient (Wildman–Crippen LogP) is 5.87. The molecule has 0 unspecified atom stereocenters. The zero-order valence-corrected chi connectivity index (χ0v) is 23.4. The quantitative estimate of drug-likeness (QED) is 0.177. The van der Waals surface area contributed by atoms with Gasteiger partial charge in [0.1, 0.15) is 30.0 Å². The normalized spacial score (nSPS) is 10.7. The van der Waals surface area contributed by atoms with Crippen molar-refractivity contribution >= 4 is 51.7 Å². The van der Waals surface area contributed by atoms with Crippen LogP contribution in [0.2, 0.25) is 5.02 Å². The Morgan fingerprint density at radius 3 is 2.66 bits per heavy atom. The van der Waals surface area contributed by atoms with Gasteiger partial charge in [-0.3, -0.25) is 14.7 Å². The smallest absolute Gasteiger partial charge is 0.408 e. The summed E-state index contributed by atoms with van der Waals surface area (Å²) in [6.45, 7) is 7.15. The lowest BCUT2D eigenvalue weighted by Crippen LogP contribution is -2.43. The van der Waals surface area contributed by atoms with E-state index < -0.39 is 17.5 Å². The molecule has 0 saturated heterocycles. The number of halogens is 1. The number of carbonyl (C=O) groups is 2. The molecule has 0 spiro atoms. The van der Waals surface area contributed by atoms with E-state index in [2.05, 4.69) is 44.0 Å². The van der Waals surface area contributed by atoms with Gasteiger partial charge in [-0.05, 0) is 62.4 Å². The summed E-state index contributed by atoms with van der Waals surface area (Å²) in [5.41, 5.74) is 1.82. The third kappa shape index (κ3) is 7.09. The molecule has 0 bridgehead atoms. The lowest BCUT2D eigenvalue weighted by molar-refractivity contribution is -0.111. The summed E-state index contributed by atoms with van der Waals surface area (Å²) in [4.78, 5) is 37.8. The number of amides is 2. The lowest BCUT2D eigenvalue weighted by Gasteiger charge is -2.28. The van der Waals surface area contributed by atoms with Crippen molar-refractivity contribution in [2.24, 2.45) is 0 Å². The van der Waals surface area contributed by atoms with Crippen LogP contribution in [-0.2, 0) is 11.4 Å². The summed E-state index contributed by atoms with van der Waals surface area (Å²) in [6, 6.07) is 14.2. The number of carboxylic acid groups (broad SMARTS) is 1. The maximum atomic E-state index is 12.2. The van der Waals surface area contributed by atoms with Crippen LogP contribution in [0.3, 0.4) is 0 Å². The molecule has 0 saturated carbocycles.